The van der Waals surface area contributed by atoms with Crippen molar-refractivity contribution in [1.82, 2.24) is 0 Å². The summed E-state index contributed by atoms with van der Waals surface area (Å²) >= 11 is 0. The monoisotopic (exact) mass is 264 g/mol. The van der Waals surface area contributed by atoms with Gasteiger partial charge in [-0.25, -0.2) is 0 Å². The quantitative estimate of drug-likeness (QED) is 0.570. The Bertz CT molecular complexity index is 407. The van der Waals surface area contributed by atoms with Gasteiger partial charge in [0.1, 0.15) is 17.1 Å². The molecule has 0 aliphatic rings. The van der Waals surface area contributed by atoms with Gasteiger partial charge >= 0.3 is 5.97 Å². The normalized spacial score (nSPS) is 12.9. The second kappa shape index (κ2) is 6.60. The Morgan fingerprint density at radius 1 is 1.16 bits per heavy atom. The van der Waals surface area contributed by atoms with Gasteiger partial charge in [0.25, 0.3) is 0 Å². The molecule has 0 saturated carbocycles. The molecule has 0 N–H and O–H groups in total. The Labute approximate surface area is 115 Å². The Kier molecular flexibility index (Phi) is 5.40. The van der Waals surface area contributed by atoms with Crippen molar-refractivity contribution in [3.05, 3.63) is 24.3 Å². The average molecular weight is 264 g/mol. The third-order valence-corrected chi connectivity index (χ3v) is 3.30. The molecule has 1 unspecified atom stereocenters. The van der Waals surface area contributed by atoms with E-state index in [0.717, 1.165) is 18.6 Å². The zero-order valence-corrected chi connectivity index (χ0v) is 12.5. The summed E-state index contributed by atoms with van der Waals surface area (Å²) in [5, 5.41) is 0. The standard InChI is InChI=1S/C16H24O3/c1-6-12(3)15(17)18-13-8-10-14(11-9-13)19-16(4,5)7-2/h8-12H,6-7H2,1-5H3. The third-order valence-electron chi connectivity index (χ3n) is 3.30. The summed E-state index contributed by atoms with van der Waals surface area (Å²) in [5.74, 6) is 1.09. The third kappa shape index (κ3) is 4.93. The number of ether oxygens (including phenoxy) is 2. The fourth-order valence-electron chi connectivity index (χ4n) is 1.35. The van der Waals surface area contributed by atoms with E-state index in [4.69, 9.17) is 9.47 Å². The maximum atomic E-state index is 11.7. The summed E-state index contributed by atoms with van der Waals surface area (Å²) in [6, 6.07) is 7.19. The van der Waals surface area contributed by atoms with Crippen molar-refractivity contribution in [2.45, 2.75) is 53.1 Å². The molecular weight excluding hydrogens is 240 g/mol. The van der Waals surface area contributed by atoms with Gasteiger partial charge in [-0.05, 0) is 51.0 Å². The van der Waals surface area contributed by atoms with Crippen LogP contribution in [-0.2, 0) is 4.79 Å². The zero-order valence-electron chi connectivity index (χ0n) is 12.5. The molecule has 1 aromatic carbocycles. The van der Waals surface area contributed by atoms with Gasteiger partial charge in [0.15, 0.2) is 0 Å². The van der Waals surface area contributed by atoms with Crippen molar-refractivity contribution in [1.29, 1.82) is 0 Å². The molecule has 19 heavy (non-hydrogen) atoms. The van der Waals surface area contributed by atoms with E-state index in [1.807, 2.05) is 39.8 Å². The van der Waals surface area contributed by atoms with Crippen LogP contribution in [0, 0.1) is 5.92 Å². The lowest BCUT2D eigenvalue weighted by Crippen LogP contribution is -2.26. The first-order valence-electron chi connectivity index (χ1n) is 6.88. The van der Waals surface area contributed by atoms with Crippen molar-refractivity contribution in [2.75, 3.05) is 0 Å². The molecule has 0 bridgehead atoms. The van der Waals surface area contributed by atoms with Crippen LogP contribution in [0.5, 0.6) is 11.5 Å². The van der Waals surface area contributed by atoms with E-state index in [1.54, 1.807) is 12.1 Å². The van der Waals surface area contributed by atoms with Gasteiger partial charge in [0.2, 0.25) is 0 Å². The molecule has 1 atom stereocenters. The van der Waals surface area contributed by atoms with Crippen LogP contribution in [0.3, 0.4) is 0 Å². The molecule has 0 aliphatic heterocycles. The Balaban J connectivity index is 2.64. The van der Waals surface area contributed by atoms with Gasteiger partial charge in [-0.3, -0.25) is 4.79 Å². The van der Waals surface area contributed by atoms with Gasteiger partial charge in [-0.2, -0.15) is 0 Å². The zero-order chi connectivity index (χ0) is 14.5. The average Bonchev–Trinajstić information content (AvgIpc) is 2.39. The molecule has 1 rings (SSSR count). The van der Waals surface area contributed by atoms with Crippen LogP contribution in [0.15, 0.2) is 24.3 Å². The first-order chi connectivity index (χ1) is 8.88. The summed E-state index contributed by atoms with van der Waals surface area (Å²) in [7, 11) is 0. The number of hydrogen-bond donors (Lipinski definition) is 0. The summed E-state index contributed by atoms with van der Waals surface area (Å²) in [4.78, 5) is 11.7. The first-order valence-corrected chi connectivity index (χ1v) is 6.88. The lowest BCUT2D eigenvalue weighted by Gasteiger charge is -2.24. The summed E-state index contributed by atoms with van der Waals surface area (Å²) in [5.41, 5.74) is -0.186. The second-order valence-corrected chi connectivity index (χ2v) is 5.42. The molecule has 0 fully saturated rings. The second-order valence-electron chi connectivity index (χ2n) is 5.42. The molecule has 0 saturated heterocycles. The minimum Gasteiger partial charge on any atom is -0.488 e. The number of benzene rings is 1. The van der Waals surface area contributed by atoms with E-state index in [2.05, 4.69) is 6.92 Å². The van der Waals surface area contributed by atoms with Crippen molar-refractivity contribution >= 4 is 5.97 Å². The van der Waals surface area contributed by atoms with Gasteiger partial charge < -0.3 is 9.47 Å². The highest BCUT2D eigenvalue weighted by Crippen LogP contribution is 2.24. The van der Waals surface area contributed by atoms with Gasteiger partial charge in [0, 0.05) is 0 Å². The van der Waals surface area contributed by atoms with Crippen LogP contribution >= 0.6 is 0 Å². The number of rotatable bonds is 6. The van der Waals surface area contributed by atoms with Crippen LogP contribution in [0.2, 0.25) is 0 Å². The molecule has 0 radical (unpaired) electrons. The fourth-order valence-corrected chi connectivity index (χ4v) is 1.35. The van der Waals surface area contributed by atoms with Crippen LogP contribution in [0.4, 0.5) is 0 Å². The van der Waals surface area contributed by atoms with Crippen LogP contribution in [0.1, 0.15) is 47.5 Å². The number of carbonyl (C=O) groups excluding carboxylic acids is 1. The smallest absolute Gasteiger partial charge is 0.314 e. The van der Waals surface area contributed by atoms with Crippen LogP contribution in [0.25, 0.3) is 0 Å². The van der Waals surface area contributed by atoms with Gasteiger partial charge in [-0.1, -0.05) is 20.8 Å². The molecular formula is C16H24O3. The molecule has 3 heteroatoms. The van der Waals surface area contributed by atoms with E-state index in [-0.39, 0.29) is 17.5 Å². The Hall–Kier alpha value is -1.51. The van der Waals surface area contributed by atoms with Crippen molar-refractivity contribution in [3.63, 3.8) is 0 Å². The maximum Gasteiger partial charge on any atom is 0.314 e. The minimum atomic E-state index is -0.190. The number of hydrogen-bond acceptors (Lipinski definition) is 3. The molecule has 0 aliphatic carbocycles. The molecule has 0 spiro atoms. The predicted octanol–water partition coefficient (Wildman–Crippen LogP) is 4.21. The highest BCUT2D eigenvalue weighted by Gasteiger charge is 2.17. The molecule has 3 nitrogen and oxygen atoms in total. The van der Waals surface area contributed by atoms with Crippen molar-refractivity contribution < 1.29 is 14.3 Å². The number of carbonyl (C=O) groups is 1. The SMILES string of the molecule is CCC(C)C(=O)Oc1ccc(OC(C)(C)CC)cc1. The van der Waals surface area contributed by atoms with Crippen LogP contribution in [-0.4, -0.2) is 11.6 Å². The summed E-state index contributed by atoms with van der Waals surface area (Å²) < 4.78 is 11.1. The van der Waals surface area contributed by atoms with E-state index in [0.29, 0.717) is 5.75 Å². The molecule has 1 aromatic rings. The van der Waals surface area contributed by atoms with E-state index < -0.39 is 0 Å². The molecule has 0 heterocycles. The topological polar surface area (TPSA) is 35.5 Å². The summed E-state index contributed by atoms with van der Waals surface area (Å²) in [6.45, 7) is 10.0. The fraction of sp³-hybridized carbons (Fsp3) is 0.562. The first kappa shape index (κ1) is 15.5. The molecule has 0 aromatic heterocycles. The maximum absolute atomic E-state index is 11.7. The Morgan fingerprint density at radius 2 is 1.68 bits per heavy atom. The highest BCUT2D eigenvalue weighted by molar-refractivity contribution is 5.74. The largest absolute Gasteiger partial charge is 0.488 e. The van der Waals surface area contributed by atoms with Crippen molar-refractivity contribution in [3.8, 4) is 11.5 Å². The van der Waals surface area contributed by atoms with Gasteiger partial charge in [-0.15, -0.1) is 0 Å². The van der Waals surface area contributed by atoms with E-state index in [1.165, 1.54) is 0 Å². The molecule has 106 valence electrons. The van der Waals surface area contributed by atoms with Crippen LogP contribution < -0.4 is 9.47 Å². The van der Waals surface area contributed by atoms with Crippen molar-refractivity contribution in [2.24, 2.45) is 5.92 Å². The lowest BCUT2D eigenvalue weighted by molar-refractivity contribution is -0.138. The summed E-state index contributed by atoms with van der Waals surface area (Å²) in [6.07, 6.45) is 1.71. The van der Waals surface area contributed by atoms with E-state index in [9.17, 15) is 4.79 Å². The van der Waals surface area contributed by atoms with Gasteiger partial charge in [0.05, 0.1) is 5.92 Å². The van der Waals surface area contributed by atoms with E-state index >= 15 is 0 Å². The minimum absolute atomic E-state index is 0.0741. The number of esters is 1. The predicted molar refractivity (Wildman–Crippen MR) is 76.5 cm³/mol. The highest BCUT2D eigenvalue weighted by atomic mass is 16.5. The lowest BCUT2D eigenvalue weighted by atomic mass is 10.1. The molecule has 0 amide bonds. The Morgan fingerprint density at radius 3 is 2.16 bits per heavy atom.